The summed E-state index contributed by atoms with van der Waals surface area (Å²) in [7, 11) is -3.57. The van der Waals surface area contributed by atoms with Crippen molar-refractivity contribution in [3.05, 3.63) is 18.3 Å². The molecule has 0 bridgehead atoms. The third-order valence-corrected chi connectivity index (χ3v) is 5.42. The molecule has 1 aromatic heterocycles. The van der Waals surface area contributed by atoms with Gasteiger partial charge in [-0.2, -0.15) is 4.31 Å². The molecule has 0 aromatic carbocycles. The fourth-order valence-electron chi connectivity index (χ4n) is 2.32. The summed E-state index contributed by atoms with van der Waals surface area (Å²) in [5, 5.41) is 13.4. The van der Waals surface area contributed by atoms with Crippen molar-refractivity contribution in [3.63, 3.8) is 0 Å². The van der Waals surface area contributed by atoms with Gasteiger partial charge in [0.25, 0.3) is 0 Å². The summed E-state index contributed by atoms with van der Waals surface area (Å²) in [4.78, 5) is 26.1. The minimum Gasteiger partial charge on any atom is -0.481 e. The molecule has 0 saturated carbocycles. The summed E-state index contributed by atoms with van der Waals surface area (Å²) in [5.41, 5.74) is 0. The Balaban J connectivity index is 1.95. The van der Waals surface area contributed by atoms with E-state index in [-0.39, 0.29) is 23.7 Å². The monoisotopic (exact) mass is 356 g/mol. The van der Waals surface area contributed by atoms with Gasteiger partial charge in [0.15, 0.2) is 0 Å². The topological polar surface area (TPSA) is 129 Å². The fraction of sp³-hybridized carbons (Fsp3) is 0.500. The van der Waals surface area contributed by atoms with Gasteiger partial charge in [0.1, 0.15) is 5.82 Å². The van der Waals surface area contributed by atoms with Crippen molar-refractivity contribution >= 4 is 27.8 Å². The van der Waals surface area contributed by atoms with E-state index in [1.165, 1.54) is 22.6 Å². The molecule has 9 nitrogen and oxygen atoms in total. The number of pyridine rings is 1. The second-order valence-electron chi connectivity index (χ2n) is 5.37. The van der Waals surface area contributed by atoms with Crippen LogP contribution in [0.25, 0.3) is 0 Å². The summed E-state index contributed by atoms with van der Waals surface area (Å²) in [6.07, 6.45) is 3.27. The van der Waals surface area contributed by atoms with Gasteiger partial charge in [-0.1, -0.05) is 0 Å². The largest absolute Gasteiger partial charge is 0.481 e. The first-order chi connectivity index (χ1) is 11.4. The van der Waals surface area contributed by atoms with E-state index >= 15 is 0 Å². The van der Waals surface area contributed by atoms with E-state index in [1.54, 1.807) is 0 Å². The lowest BCUT2D eigenvalue weighted by molar-refractivity contribution is -0.137. The van der Waals surface area contributed by atoms with Crippen LogP contribution < -0.4 is 10.6 Å². The number of urea groups is 1. The summed E-state index contributed by atoms with van der Waals surface area (Å²) in [6.45, 7) is 1.19. The normalized spacial score (nSPS) is 15.2. The summed E-state index contributed by atoms with van der Waals surface area (Å²) >= 11 is 0. The molecule has 0 atom stereocenters. The summed E-state index contributed by atoms with van der Waals surface area (Å²) in [6, 6.07) is 2.14. The van der Waals surface area contributed by atoms with Crippen molar-refractivity contribution < 1.29 is 23.1 Å². The number of nitrogens with one attached hydrogen (secondary N) is 2. The number of aromatic nitrogens is 1. The van der Waals surface area contributed by atoms with Crippen LogP contribution in [0.4, 0.5) is 10.6 Å². The molecule has 1 aromatic rings. The maximum atomic E-state index is 12.5. The lowest BCUT2D eigenvalue weighted by Gasteiger charge is -2.16. The van der Waals surface area contributed by atoms with Crippen LogP contribution in [0, 0.1) is 0 Å². The van der Waals surface area contributed by atoms with E-state index in [9.17, 15) is 18.0 Å². The van der Waals surface area contributed by atoms with Crippen LogP contribution in [-0.2, 0) is 14.8 Å². The number of rotatable bonds is 7. The van der Waals surface area contributed by atoms with Crippen molar-refractivity contribution in [1.29, 1.82) is 0 Å². The SMILES string of the molecule is O=C(O)CCCNC(=O)Nc1cc(S(=O)(=O)N2CCCC2)ccn1. The Labute approximate surface area is 140 Å². The first-order valence-corrected chi connectivity index (χ1v) is 9.06. The highest BCUT2D eigenvalue weighted by atomic mass is 32.2. The van der Waals surface area contributed by atoms with E-state index in [4.69, 9.17) is 5.11 Å². The number of carboxylic acids is 1. The van der Waals surface area contributed by atoms with Crippen LogP contribution in [0.5, 0.6) is 0 Å². The van der Waals surface area contributed by atoms with Crippen molar-refractivity contribution in [2.45, 2.75) is 30.6 Å². The maximum Gasteiger partial charge on any atom is 0.320 e. The minimum atomic E-state index is -3.57. The molecule has 1 aliphatic heterocycles. The molecule has 0 radical (unpaired) electrons. The number of hydrogen-bond donors (Lipinski definition) is 3. The van der Waals surface area contributed by atoms with Crippen LogP contribution in [0.3, 0.4) is 0 Å². The predicted octanol–water partition coefficient (Wildman–Crippen LogP) is 0.852. The van der Waals surface area contributed by atoms with E-state index in [1.807, 2.05) is 0 Å². The van der Waals surface area contributed by atoms with Crippen molar-refractivity contribution in [3.8, 4) is 0 Å². The zero-order valence-electron chi connectivity index (χ0n) is 13.1. The molecular formula is C14H20N4O5S. The number of carbonyl (C=O) groups excluding carboxylic acids is 1. The zero-order valence-corrected chi connectivity index (χ0v) is 13.9. The molecule has 1 saturated heterocycles. The fourth-order valence-corrected chi connectivity index (χ4v) is 3.85. The molecule has 2 heterocycles. The smallest absolute Gasteiger partial charge is 0.320 e. The molecule has 0 spiro atoms. The third kappa shape index (κ3) is 4.90. The van der Waals surface area contributed by atoms with Gasteiger partial charge in [0, 0.05) is 38.3 Å². The Morgan fingerprint density at radius 2 is 2.00 bits per heavy atom. The van der Waals surface area contributed by atoms with Gasteiger partial charge in [-0.05, 0) is 25.3 Å². The third-order valence-electron chi connectivity index (χ3n) is 3.53. The van der Waals surface area contributed by atoms with E-state index in [0.717, 1.165) is 12.8 Å². The number of hydrogen-bond acceptors (Lipinski definition) is 5. The molecule has 0 aliphatic carbocycles. The molecule has 24 heavy (non-hydrogen) atoms. The molecule has 3 N–H and O–H groups in total. The van der Waals surface area contributed by atoms with E-state index in [2.05, 4.69) is 15.6 Å². The number of sulfonamides is 1. The van der Waals surface area contributed by atoms with Crippen LogP contribution in [0.15, 0.2) is 23.2 Å². The molecule has 1 fully saturated rings. The number of aliphatic carboxylic acids is 1. The Morgan fingerprint density at radius 3 is 2.67 bits per heavy atom. The average Bonchev–Trinajstić information content (AvgIpc) is 3.07. The van der Waals surface area contributed by atoms with Gasteiger partial charge < -0.3 is 10.4 Å². The maximum absolute atomic E-state index is 12.5. The van der Waals surface area contributed by atoms with E-state index < -0.39 is 22.0 Å². The molecular weight excluding hydrogens is 336 g/mol. The highest BCUT2D eigenvalue weighted by Crippen LogP contribution is 2.21. The Hall–Kier alpha value is -2.20. The number of amides is 2. The van der Waals surface area contributed by atoms with Crippen LogP contribution in [0.2, 0.25) is 0 Å². The first-order valence-electron chi connectivity index (χ1n) is 7.62. The second kappa shape index (κ2) is 8.06. The molecule has 10 heteroatoms. The quantitative estimate of drug-likeness (QED) is 0.621. The van der Waals surface area contributed by atoms with Gasteiger partial charge in [0.05, 0.1) is 4.90 Å². The van der Waals surface area contributed by atoms with Gasteiger partial charge in [-0.25, -0.2) is 18.2 Å². The van der Waals surface area contributed by atoms with Gasteiger partial charge >= 0.3 is 12.0 Å². The number of carboxylic acid groups (broad SMARTS) is 1. The van der Waals surface area contributed by atoms with Crippen LogP contribution in [0.1, 0.15) is 25.7 Å². The van der Waals surface area contributed by atoms with Crippen LogP contribution in [-0.4, -0.2) is 54.4 Å². The van der Waals surface area contributed by atoms with E-state index in [0.29, 0.717) is 19.5 Å². The van der Waals surface area contributed by atoms with Gasteiger partial charge in [0.2, 0.25) is 10.0 Å². The Kier molecular flexibility index (Phi) is 6.10. The molecule has 2 amide bonds. The number of carbonyl (C=O) groups is 2. The zero-order chi connectivity index (χ0) is 17.6. The Morgan fingerprint density at radius 1 is 1.29 bits per heavy atom. The molecule has 1 aliphatic rings. The highest BCUT2D eigenvalue weighted by molar-refractivity contribution is 7.89. The van der Waals surface area contributed by atoms with Crippen molar-refractivity contribution in [2.75, 3.05) is 25.0 Å². The molecule has 2 rings (SSSR count). The highest BCUT2D eigenvalue weighted by Gasteiger charge is 2.27. The average molecular weight is 356 g/mol. The summed E-state index contributed by atoms with van der Waals surface area (Å²) in [5.74, 6) is -0.815. The van der Waals surface area contributed by atoms with Crippen molar-refractivity contribution in [2.24, 2.45) is 0 Å². The molecule has 132 valence electrons. The minimum absolute atomic E-state index is 0.0396. The first kappa shape index (κ1) is 18.1. The van der Waals surface area contributed by atoms with Gasteiger partial charge in [-0.15, -0.1) is 0 Å². The predicted molar refractivity (Wildman–Crippen MR) is 86.1 cm³/mol. The lowest BCUT2D eigenvalue weighted by atomic mass is 10.3. The van der Waals surface area contributed by atoms with Crippen molar-refractivity contribution in [1.82, 2.24) is 14.6 Å². The Bertz CT molecular complexity index is 701. The number of nitrogens with zero attached hydrogens (tertiary/aromatic N) is 2. The standard InChI is InChI=1S/C14H20N4O5S/c19-13(20)4-3-6-16-14(21)17-12-10-11(5-7-15-12)24(22,23)18-8-1-2-9-18/h5,7,10H,1-4,6,8-9H2,(H,19,20)(H2,15,16,17,21). The van der Waals surface area contributed by atoms with Crippen LogP contribution >= 0.6 is 0 Å². The molecule has 0 unspecified atom stereocenters. The summed E-state index contributed by atoms with van der Waals surface area (Å²) < 4.78 is 26.3. The number of anilines is 1. The van der Waals surface area contributed by atoms with Gasteiger partial charge in [-0.3, -0.25) is 10.1 Å². The lowest BCUT2D eigenvalue weighted by Crippen LogP contribution is -2.30. The second-order valence-corrected chi connectivity index (χ2v) is 7.30.